The van der Waals surface area contributed by atoms with E-state index in [1.807, 2.05) is 54.7 Å². The average Bonchev–Trinajstić information content (AvgIpc) is 3.05. The summed E-state index contributed by atoms with van der Waals surface area (Å²) in [6.07, 6.45) is 6.09. The van der Waals surface area contributed by atoms with Crippen LogP contribution in [0.5, 0.6) is 0 Å². The van der Waals surface area contributed by atoms with E-state index in [-0.39, 0.29) is 11.8 Å². The monoisotopic (exact) mass is 389 g/mol. The number of rotatable bonds is 6. The number of carbonyl (C=O) groups excluding carboxylic acids is 2. The first-order valence-corrected chi connectivity index (χ1v) is 10.3. The lowest BCUT2D eigenvalue weighted by Crippen LogP contribution is -2.59. The van der Waals surface area contributed by atoms with Crippen molar-refractivity contribution >= 4 is 22.7 Å². The Hall–Kier alpha value is -3.08. The van der Waals surface area contributed by atoms with Gasteiger partial charge in [0.25, 0.3) is 0 Å². The van der Waals surface area contributed by atoms with E-state index < -0.39 is 5.54 Å². The molecule has 1 aliphatic rings. The SMILES string of the molecule is O=C1CCCCC(Cc2ccccc2)(C(=O)NCCc2c[nH]c3ccccc23)N1. The Labute approximate surface area is 170 Å². The topological polar surface area (TPSA) is 74.0 Å². The summed E-state index contributed by atoms with van der Waals surface area (Å²) in [5, 5.41) is 7.34. The van der Waals surface area contributed by atoms with Crippen molar-refractivity contribution in [3.05, 3.63) is 71.9 Å². The number of fused-ring (bicyclic) bond motifs is 1. The summed E-state index contributed by atoms with van der Waals surface area (Å²) in [6.45, 7) is 0.535. The number of carbonyl (C=O) groups is 2. The highest BCUT2D eigenvalue weighted by molar-refractivity contribution is 5.92. The van der Waals surface area contributed by atoms with E-state index in [0.717, 1.165) is 30.3 Å². The zero-order valence-corrected chi connectivity index (χ0v) is 16.5. The van der Waals surface area contributed by atoms with Gasteiger partial charge in [-0.3, -0.25) is 9.59 Å². The van der Waals surface area contributed by atoms with Crippen molar-refractivity contribution < 1.29 is 9.59 Å². The summed E-state index contributed by atoms with van der Waals surface area (Å²) in [5.41, 5.74) is 2.46. The predicted molar refractivity (Wildman–Crippen MR) is 115 cm³/mol. The molecule has 3 N–H and O–H groups in total. The average molecular weight is 389 g/mol. The van der Waals surface area contributed by atoms with Crippen molar-refractivity contribution in [1.82, 2.24) is 15.6 Å². The molecule has 1 aliphatic heterocycles. The lowest BCUT2D eigenvalue weighted by atomic mass is 9.85. The van der Waals surface area contributed by atoms with Crippen LogP contribution < -0.4 is 10.6 Å². The number of hydrogen-bond acceptors (Lipinski definition) is 2. The highest BCUT2D eigenvalue weighted by Crippen LogP contribution is 2.25. The molecule has 1 atom stereocenters. The number of para-hydroxylation sites is 1. The lowest BCUT2D eigenvalue weighted by molar-refractivity contribution is -0.133. The molecule has 5 nitrogen and oxygen atoms in total. The van der Waals surface area contributed by atoms with Gasteiger partial charge in [0.15, 0.2) is 0 Å². The number of benzene rings is 2. The van der Waals surface area contributed by atoms with Gasteiger partial charge in [0.2, 0.25) is 11.8 Å². The maximum absolute atomic E-state index is 13.3. The van der Waals surface area contributed by atoms with Crippen LogP contribution in [0.2, 0.25) is 0 Å². The first kappa shape index (κ1) is 19.2. The van der Waals surface area contributed by atoms with Crippen LogP contribution in [0.15, 0.2) is 60.8 Å². The van der Waals surface area contributed by atoms with Crippen molar-refractivity contribution in [2.75, 3.05) is 6.54 Å². The van der Waals surface area contributed by atoms with Gasteiger partial charge in [0, 0.05) is 36.5 Å². The fourth-order valence-corrected chi connectivity index (χ4v) is 4.25. The highest BCUT2D eigenvalue weighted by atomic mass is 16.2. The Kier molecular flexibility index (Phi) is 5.65. The van der Waals surface area contributed by atoms with E-state index in [4.69, 9.17) is 0 Å². The van der Waals surface area contributed by atoms with Gasteiger partial charge in [-0.1, -0.05) is 55.0 Å². The molecule has 3 aromatic rings. The quantitative estimate of drug-likeness (QED) is 0.604. The van der Waals surface area contributed by atoms with Crippen LogP contribution in [0.4, 0.5) is 0 Å². The molecule has 2 amide bonds. The molecular formula is C24H27N3O2. The van der Waals surface area contributed by atoms with Crippen molar-refractivity contribution in [1.29, 1.82) is 0 Å². The summed E-state index contributed by atoms with van der Waals surface area (Å²) in [6, 6.07) is 18.1. The van der Waals surface area contributed by atoms with Gasteiger partial charge in [-0.15, -0.1) is 0 Å². The van der Waals surface area contributed by atoms with Gasteiger partial charge < -0.3 is 15.6 Å². The van der Waals surface area contributed by atoms with Crippen LogP contribution in [0.25, 0.3) is 10.9 Å². The number of aromatic nitrogens is 1. The predicted octanol–water partition coefficient (Wildman–Crippen LogP) is 3.50. The molecule has 1 saturated heterocycles. The van der Waals surface area contributed by atoms with Gasteiger partial charge in [-0.25, -0.2) is 0 Å². The molecule has 5 heteroatoms. The summed E-state index contributed by atoms with van der Waals surface area (Å²) in [7, 11) is 0. The Morgan fingerprint density at radius 3 is 2.69 bits per heavy atom. The molecule has 150 valence electrons. The largest absolute Gasteiger partial charge is 0.361 e. The Morgan fingerprint density at radius 2 is 1.83 bits per heavy atom. The lowest BCUT2D eigenvalue weighted by Gasteiger charge is -2.32. The van der Waals surface area contributed by atoms with Crippen LogP contribution in [0.3, 0.4) is 0 Å². The maximum atomic E-state index is 13.3. The summed E-state index contributed by atoms with van der Waals surface area (Å²) in [5.74, 6) is -0.123. The zero-order valence-electron chi connectivity index (χ0n) is 16.5. The third kappa shape index (κ3) is 4.34. The van der Waals surface area contributed by atoms with E-state index in [1.54, 1.807) is 0 Å². The molecular weight excluding hydrogens is 362 g/mol. The van der Waals surface area contributed by atoms with Crippen LogP contribution in [0.1, 0.15) is 36.8 Å². The summed E-state index contributed by atoms with van der Waals surface area (Å²) in [4.78, 5) is 28.9. The van der Waals surface area contributed by atoms with Crippen LogP contribution >= 0.6 is 0 Å². The molecule has 29 heavy (non-hydrogen) atoms. The van der Waals surface area contributed by atoms with Crippen molar-refractivity contribution in [2.24, 2.45) is 0 Å². The minimum atomic E-state index is -0.880. The Bertz CT molecular complexity index is 996. The van der Waals surface area contributed by atoms with E-state index in [9.17, 15) is 9.59 Å². The van der Waals surface area contributed by atoms with Crippen LogP contribution in [0, 0.1) is 0 Å². The van der Waals surface area contributed by atoms with Crippen molar-refractivity contribution in [2.45, 2.75) is 44.1 Å². The number of nitrogens with one attached hydrogen (secondary N) is 3. The standard InChI is InChI=1S/C24H27N3O2/c28-22-12-6-7-14-24(27-22,16-18-8-2-1-3-9-18)23(29)25-15-13-19-17-26-21-11-5-4-10-20(19)21/h1-5,8-11,17,26H,6-7,12-16H2,(H,25,29)(H,27,28). The second kappa shape index (κ2) is 8.52. The second-order valence-corrected chi connectivity index (χ2v) is 7.87. The molecule has 0 saturated carbocycles. The van der Waals surface area contributed by atoms with Gasteiger partial charge in [0.1, 0.15) is 5.54 Å². The maximum Gasteiger partial charge on any atom is 0.246 e. The second-order valence-electron chi connectivity index (χ2n) is 7.87. The number of H-pyrrole nitrogens is 1. The molecule has 1 fully saturated rings. The minimum Gasteiger partial charge on any atom is -0.361 e. The van der Waals surface area contributed by atoms with Crippen molar-refractivity contribution in [3.8, 4) is 0 Å². The molecule has 0 spiro atoms. The molecule has 0 radical (unpaired) electrons. The molecule has 0 bridgehead atoms. The summed E-state index contributed by atoms with van der Waals surface area (Å²) >= 11 is 0. The fourth-order valence-electron chi connectivity index (χ4n) is 4.25. The van der Waals surface area contributed by atoms with Gasteiger partial charge in [0.05, 0.1) is 0 Å². The number of amides is 2. The summed E-state index contributed by atoms with van der Waals surface area (Å²) < 4.78 is 0. The molecule has 0 aliphatic carbocycles. The van der Waals surface area contributed by atoms with E-state index in [0.29, 0.717) is 25.8 Å². The number of aromatic amines is 1. The third-order valence-corrected chi connectivity index (χ3v) is 5.77. The molecule has 1 unspecified atom stereocenters. The fraction of sp³-hybridized carbons (Fsp3) is 0.333. The Balaban J connectivity index is 1.48. The van der Waals surface area contributed by atoms with Crippen molar-refractivity contribution in [3.63, 3.8) is 0 Å². The van der Waals surface area contributed by atoms with E-state index in [1.165, 1.54) is 10.9 Å². The number of hydrogen-bond donors (Lipinski definition) is 3. The minimum absolute atomic E-state index is 0.0368. The molecule has 1 aromatic heterocycles. The van der Waals surface area contributed by atoms with Crippen LogP contribution in [-0.4, -0.2) is 28.9 Å². The van der Waals surface area contributed by atoms with Gasteiger partial charge in [-0.05, 0) is 36.5 Å². The normalized spacial score (nSPS) is 19.5. The van der Waals surface area contributed by atoms with E-state index in [2.05, 4.69) is 21.7 Å². The molecule has 2 heterocycles. The van der Waals surface area contributed by atoms with Gasteiger partial charge in [-0.2, -0.15) is 0 Å². The molecule has 4 rings (SSSR count). The smallest absolute Gasteiger partial charge is 0.246 e. The molecule has 2 aromatic carbocycles. The zero-order chi connectivity index (χ0) is 20.1. The van der Waals surface area contributed by atoms with Crippen LogP contribution in [-0.2, 0) is 22.4 Å². The Morgan fingerprint density at radius 1 is 1.03 bits per heavy atom. The first-order valence-electron chi connectivity index (χ1n) is 10.3. The highest BCUT2D eigenvalue weighted by Gasteiger charge is 2.40. The first-order chi connectivity index (χ1) is 14.2. The van der Waals surface area contributed by atoms with Gasteiger partial charge >= 0.3 is 0 Å². The van der Waals surface area contributed by atoms with E-state index >= 15 is 0 Å². The third-order valence-electron chi connectivity index (χ3n) is 5.77.